The summed E-state index contributed by atoms with van der Waals surface area (Å²) < 4.78 is 33.5. The number of amides is 2. The van der Waals surface area contributed by atoms with Crippen molar-refractivity contribution < 1.29 is 27.9 Å². The molecule has 0 spiro atoms. The molecule has 2 atom stereocenters. The van der Waals surface area contributed by atoms with Crippen molar-refractivity contribution in [2.24, 2.45) is 0 Å². The number of pyridine rings is 1. The molecule has 44 heavy (non-hydrogen) atoms. The minimum Gasteiger partial charge on any atom is -0.445 e. The number of halogens is 2. The standard InChI is InChI=1S/C33H37F2N5O4/c1-4-10-40(3)33(43)24-16-22(15-23(17-24)32-37-9-11-44-32)31(42)39-29(14-21-12-25(34)18-26(35)13-21)30(41)20-36-19-28-8-6-7-27(5-2)38-28/h6-9,11-13,15-18,29-30,36,41H,4-5,10,14,19-20H2,1-3H3,(H,39,42)/t29-,30+/m0/s1. The van der Waals surface area contributed by atoms with Gasteiger partial charge in [0.1, 0.15) is 17.9 Å². The molecule has 2 aromatic heterocycles. The average molecular weight is 606 g/mol. The van der Waals surface area contributed by atoms with Crippen LogP contribution in [0.15, 0.2) is 71.5 Å². The SMILES string of the molecule is CCCN(C)C(=O)c1cc(C(=O)N[C@@H](Cc2cc(F)cc(F)c2)[C@H](O)CNCc2cccc(CC)n2)cc(-c2ncco2)c1. The van der Waals surface area contributed by atoms with Crippen LogP contribution >= 0.6 is 0 Å². The number of aliphatic hydroxyl groups excluding tert-OH is 1. The molecule has 0 saturated heterocycles. The molecule has 11 heteroatoms. The van der Waals surface area contributed by atoms with Gasteiger partial charge in [-0.1, -0.05) is 19.9 Å². The number of carbonyl (C=O) groups is 2. The number of nitrogens with zero attached hydrogens (tertiary/aromatic N) is 3. The predicted molar refractivity (Wildman–Crippen MR) is 162 cm³/mol. The number of aryl methyl sites for hydroxylation is 1. The molecule has 0 saturated carbocycles. The monoisotopic (exact) mass is 605 g/mol. The summed E-state index contributed by atoms with van der Waals surface area (Å²) in [5.41, 5.74) is 2.80. The highest BCUT2D eigenvalue weighted by molar-refractivity contribution is 6.01. The molecule has 0 radical (unpaired) electrons. The van der Waals surface area contributed by atoms with Crippen LogP contribution in [0.4, 0.5) is 8.78 Å². The highest BCUT2D eigenvalue weighted by Gasteiger charge is 2.25. The van der Waals surface area contributed by atoms with E-state index in [9.17, 15) is 23.5 Å². The molecule has 0 aliphatic heterocycles. The average Bonchev–Trinajstić information content (AvgIpc) is 3.55. The van der Waals surface area contributed by atoms with E-state index in [0.29, 0.717) is 18.7 Å². The maximum absolute atomic E-state index is 14.0. The lowest BCUT2D eigenvalue weighted by molar-refractivity contribution is 0.0795. The summed E-state index contributed by atoms with van der Waals surface area (Å²) in [7, 11) is 1.68. The fraction of sp³-hybridized carbons (Fsp3) is 0.333. The minimum atomic E-state index is -1.15. The van der Waals surface area contributed by atoms with Crippen molar-refractivity contribution in [1.29, 1.82) is 0 Å². The first-order chi connectivity index (χ1) is 21.2. The van der Waals surface area contributed by atoms with Gasteiger partial charge >= 0.3 is 0 Å². The number of hydrogen-bond acceptors (Lipinski definition) is 7. The second kappa shape index (κ2) is 15.3. The van der Waals surface area contributed by atoms with Crippen LogP contribution in [-0.4, -0.2) is 64.1 Å². The largest absolute Gasteiger partial charge is 0.445 e. The van der Waals surface area contributed by atoms with Gasteiger partial charge in [0.05, 0.1) is 24.0 Å². The zero-order valence-electron chi connectivity index (χ0n) is 25.0. The highest BCUT2D eigenvalue weighted by atomic mass is 19.1. The summed E-state index contributed by atoms with van der Waals surface area (Å²) in [6, 6.07) is 12.4. The zero-order chi connectivity index (χ0) is 31.6. The lowest BCUT2D eigenvalue weighted by atomic mass is 9.99. The Morgan fingerprint density at radius 3 is 2.43 bits per heavy atom. The summed E-state index contributed by atoms with van der Waals surface area (Å²) in [6.45, 7) is 4.91. The Balaban J connectivity index is 1.59. The third-order valence-electron chi connectivity index (χ3n) is 7.07. The van der Waals surface area contributed by atoms with E-state index in [4.69, 9.17) is 4.42 Å². The molecular formula is C33H37F2N5O4. The van der Waals surface area contributed by atoms with Gasteiger partial charge in [-0.15, -0.1) is 0 Å². The van der Waals surface area contributed by atoms with Crippen molar-refractivity contribution in [2.75, 3.05) is 20.1 Å². The first-order valence-electron chi connectivity index (χ1n) is 14.6. The maximum Gasteiger partial charge on any atom is 0.253 e. The van der Waals surface area contributed by atoms with Crippen LogP contribution in [0.25, 0.3) is 11.5 Å². The number of hydrogen-bond donors (Lipinski definition) is 3. The van der Waals surface area contributed by atoms with E-state index in [2.05, 4.69) is 20.6 Å². The Morgan fingerprint density at radius 2 is 1.75 bits per heavy atom. The van der Waals surface area contributed by atoms with E-state index < -0.39 is 29.7 Å². The minimum absolute atomic E-state index is 0.0582. The summed E-state index contributed by atoms with van der Waals surface area (Å²) in [5.74, 6) is -2.19. The topological polar surface area (TPSA) is 121 Å². The molecule has 4 rings (SSSR count). The highest BCUT2D eigenvalue weighted by Crippen LogP contribution is 2.23. The molecule has 0 unspecified atom stereocenters. The fourth-order valence-electron chi connectivity index (χ4n) is 4.86. The van der Waals surface area contributed by atoms with E-state index in [-0.39, 0.29) is 41.5 Å². The van der Waals surface area contributed by atoms with E-state index in [0.717, 1.165) is 42.4 Å². The Labute approximate surface area is 255 Å². The van der Waals surface area contributed by atoms with Crippen LogP contribution < -0.4 is 10.6 Å². The van der Waals surface area contributed by atoms with E-state index in [1.54, 1.807) is 18.0 Å². The summed E-state index contributed by atoms with van der Waals surface area (Å²) in [5, 5.41) is 17.2. The smallest absolute Gasteiger partial charge is 0.253 e. The third-order valence-corrected chi connectivity index (χ3v) is 7.07. The number of aromatic nitrogens is 2. The van der Waals surface area contributed by atoms with Crippen LogP contribution in [0.2, 0.25) is 0 Å². The van der Waals surface area contributed by atoms with Crippen molar-refractivity contribution in [1.82, 2.24) is 25.5 Å². The van der Waals surface area contributed by atoms with Crippen molar-refractivity contribution in [2.45, 2.75) is 51.8 Å². The first kappa shape index (κ1) is 32.4. The molecular weight excluding hydrogens is 568 g/mol. The quantitative estimate of drug-likeness (QED) is 0.193. The van der Waals surface area contributed by atoms with Gasteiger partial charge in [0.2, 0.25) is 5.89 Å². The summed E-state index contributed by atoms with van der Waals surface area (Å²) >= 11 is 0. The maximum atomic E-state index is 14.0. The number of aliphatic hydroxyl groups is 1. The molecule has 0 fully saturated rings. The Morgan fingerprint density at radius 1 is 1.02 bits per heavy atom. The van der Waals surface area contributed by atoms with Crippen molar-refractivity contribution in [3.05, 3.63) is 107 Å². The lowest BCUT2D eigenvalue weighted by Gasteiger charge is -2.25. The van der Waals surface area contributed by atoms with Crippen LogP contribution in [0, 0.1) is 11.6 Å². The molecule has 232 valence electrons. The number of carbonyl (C=O) groups excluding carboxylic acids is 2. The summed E-state index contributed by atoms with van der Waals surface area (Å²) in [6.07, 6.45) is 3.18. The molecule has 3 N–H and O–H groups in total. The second-order valence-electron chi connectivity index (χ2n) is 10.6. The van der Waals surface area contributed by atoms with Gasteiger partial charge in [-0.2, -0.15) is 0 Å². The fourth-order valence-corrected chi connectivity index (χ4v) is 4.86. The van der Waals surface area contributed by atoms with Gasteiger partial charge in [-0.25, -0.2) is 13.8 Å². The lowest BCUT2D eigenvalue weighted by Crippen LogP contribution is -2.48. The van der Waals surface area contributed by atoms with Gasteiger partial charge in [0, 0.05) is 55.1 Å². The van der Waals surface area contributed by atoms with Gasteiger partial charge in [-0.05, 0) is 67.3 Å². The van der Waals surface area contributed by atoms with E-state index >= 15 is 0 Å². The first-order valence-corrected chi connectivity index (χ1v) is 14.6. The zero-order valence-corrected chi connectivity index (χ0v) is 25.0. The Bertz CT molecular complexity index is 1540. The predicted octanol–water partition coefficient (Wildman–Crippen LogP) is 4.55. The van der Waals surface area contributed by atoms with E-state index in [1.165, 1.54) is 24.6 Å². The number of rotatable bonds is 14. The number of oxazole rings is 1. The van der Waals surface area contributed by atoms with Crippen molar-refractivity contribution in [3.8, 4) is 11.5 Å². The normalized spacial score (nSPS) is 12.5. The van der Waals surface area contributed by atoms with Crippen LogP contribution in [0.3, 0.4) is 0 Å². The molecule has 2 aromatic carbocycles. The molecule has 0 aliphatic rings. The molecule has 2 heterocycles. The Hall–Kier alpha value is -4.48. The van der Waals surface area contributed by atoms with E-state index in [1.807, 2.05) is 32.0 Å². The van der Waals surface area contributed by atoms with Gasteiger partial charge in [0.25, 0.3) is 11.8 Å². The third kappa shape index (κ3) is 8.77. The molecule has 4 aromatic rings. The van der Waals surface area contributed by atoms with Crippen molar-refractivity contribution in [3.63, 3.8) is 0 Å². The van der Waals surface area contributed by atoms with Crippen LogP contribution in [0.5, 0.6) is 0 Å². The Kier molecular flexibility index (Phi) is 11.3. The summed E-state index contributed by atoms with van der Waals surface area (Å²) in [4.78, 5) is 37.1. The van der Waals surface area contributed by atoms with Crippen molar-refractivity contribution >= 4 is 11.8 Å². The van der Waals surface area contributed by atoms with Gasteiger partial charge in [-0.3, -0.25) is 14.6 Å². The number of nitrogens with one attached hydrogen (secondary N) is 2. The van der Waals surface area contributed by atoms with Crippen LogP contribution in [0.1, 0.15) is 57.9 Å². The second-order valence-corrected chi connectivity index (χ2v) is 10.6. The van der Waals surface area contributed by atoms with Crippen LogP contribution in [-0.2, 0) is 19.4 Å². The molecule has 0 aliphatic carbocycles. The number of benzene rings is 2. The molecule has 9 nitrogen and oxygen atoms in total. The molecule has 2 amide bonds. The van der Waals surface area contributed by atoms with Gasteiger partial charge < -0.3 is 25.1 Å². The van der Waals surface area contributed by atoms with Gasteiger partial charge in [0.15, 0.2) is 0 Å². The molecule has 0 bridgehead atoms.